The minimum atomic E-state index is 0.300. The summed E-state index contributed by atoms with van der Waals surface area (Å²) in [4.78, 5) is 11.6. The third kappa shape index (κ3) is 1.45. The molecule has 2 aliphatic rings. The third-order valence-corrected chi connectivity index (χ3v) is 3.86. The van der Waals surface area contributed by atoms with Gasteiger partial charge in [-0.05, 0) is 36.7 Å². The molecule has 0 aromatic heterocycles. The van der Waals surface area contributed by atoms with E-state index in [1.54, 1.807) is 0 Å². The van der Waals surface area contributed by atoms with Crippen LogP contribution in [-0.2, 0) is 4.79 Å². The SMILES string of the molecule is CC1=C[C@H]2CCCC[C@]2(C)CC1=O. The van der Waals surface area contributed by atoms with Crippen LogP contribution in [0.2, 0.25) is 0 Å². The van der Waals surface area contributed by atoms with E-state index in [1.807, 2.05) is 6.92 Å². The van der Waals surface area contributed by atoms with E-state index in [0.717, 1.165) is 12.0 Å². The Morgan fingerprint density at radius 1 is 1.46 bits per heavy atom. The molecule has 0 radical (unpaired) electrons. The number of hydrogen-bond donors (Lipinski definition) is 0. The Labute approximate surface area is 80.2 Å². The second-order valence-electron chi connectivity index (χ2n) is 4.96. The molecule has 1 nitrogen and oxygen atoms in total. The fraction of sp³-hybridized carbons (Fsp3) is 0.750. The van der Waals surface area contributed by atoms with Crippen LogP contribution in [0.25, 0.3) is 0 Å². The largest absolute Gasteiger partial charge is 0.295 e. The van der Waals surface area contributed by atoms with Crippen molar-refractivity contribution in [1.29, 1.82) is 0 Å². The molecule has 2 rings (SSSR count). The number of hydrogen-bond acceptors (Lipinski definition) is 1. The van der Waals surface area contributed by atoms with Gasteiger partial charge in [0.1, 0.15) is 0 Å². The van der Waals surface area contributed by atoms with Crippen LogP contribution in [0, 0.1) is 11.3 Å². The number of ketones is 1. The summed E-state index contributed by atoms with van der Waals surface area (Å²) in [6.45, 7) is 4.26. The summed E-state index contributed by atoms with van der Waals surface area (Å²) < 4.78 is 0. The molecule has 2 atom stereocenters. The summed E-state index contributed by atoms with van der Waals surface area (Å²) in [5.74, 6) is 1.06. The van der Waals surface area contributed by atoms with Gasteiger partial charge in [0.05, 0.1) is 0 Å². The van der Waals surface area contributed by atoms with Crippen LogP contribution >= 0.6 is 0 Å². The fourth-order valence-electron chi connectivity index (χ4n) is 2.83. The molecule has 0 aromatic rings. The molecule has 0 N–H and O–H groups in total. The lowest BCUT2D eigenvalue weighted by molar-refractivity contribution is -0.119. The van der Waals surface area contributed by atoms with Crippen molar-refractivity contribution in [2.45, 2.75) is 46.0 Å². The van der Waals surface area contributed by atoms with Gasteiger partial charge < -0.3 is 0 Å². The van der Waals surface area contributed by atoms with Crippen LogP contribution in [0.3, 0.4) is 0 Å². The number of carbonyl (C=O) groups is 1. The van der Waals surface area contributed by atoms with Crippen molar-refractivity contribution in [1.82, 2.24) is 0 Å². The molecule has 1 fully saturated rings. The van der Waals surface area contributed by atoms with Gasteiger partial charge >= 0.3 is 0 Å². The zero-order valence-electron chi connectivity index (χ0n) is 8.60. The smallest absolute Gasteiger partial charge is 0.158 e. The number of allylic oxidation sites excluding steroid dienone is 2. The van der Waals surface area contributed by atoms with Gasteiger partial charge in [0.15, 0.2) is 5.78 Å². The summed E-state index contributed by atoms with van der Waals surface area (Å²) in [6.07, 6.45) is 8.21. The average molecular weight is 178 g/mol. The van der Waals surface area contributed by atoms with Crippen molar-refractivity contribution in [3.05, 3.63) is 11.6 Å². The van der Waals surface area contributed by atoms with Gasteiger partial charge in [-0.25, -0.2) is 0 Å². The Morgan fingerprint density at radius 3 is 3.00 bits per heavy atom. The van der Waals surface area contributed by atoms with E-state index in [4.69, 9.17) is 0 Å². The highest BCUT2D eigenvalue weighted by molar-refractivity contribution is 5.96. The molecule has 1 saturated carbocycles. The molecule has 0 bridgehead atoms. The summed E-state index contributed by atoms with van der Waals surface area (Å²) in [5, 5.41) is 0. The first-order valence-electron chi connectivity index (χ1n) is 5.33. The van der Waals surface area contributed by atoms with Gasteiger partial charge in [-0.1, -0.05) is 25.8 Å². The predicted octanol–water partition coefficient (Wildman–Crippen LogP) is 3.10. The summed E-state index contributed by atoms with van der Waals surface area (Å²) in [5.41, 5.74) is 1.30. The Hall–Kier alpha value is -0.590. The fourth-order valence-corrected chi connectivity index (χ4v) is 2.83. The van der Waals surface area contributed by atoms with E-state index in [-0.39, 0.29) is 0 Å². The number of rotatable bonds is 0. The zero-order chi connectivity index (χ0) is 9.47. The Kier molecular flexibility index (Phi) is 2.05. The molecule has 0 aromatic carbocycles. The molecule has 0 heterocycles. The molecule has 0 unspecified atom stereocenters. The van der Waals surface area contributed by atoms with E-state index < -0.39 is 0 Å². The average Bonchev–Trinajstić information content (AvgIpc) is 2.07. The van der Waals surface area contributed by atoms with Gasteiger partial charge in [-0.3, -0.25) is 4.79 Å². The molecular formula is C12H18O. The van der Waals surface area contributed by atoms with Crippen molar-refractivity contribution in [3.8, 4) is 0 Å². The minimum Gasteiger partial charge on any atom is -0.295 e. The second-order valence-corrected chi connectivity index (χ2v) is 4.96. The lowest BCUT2D eigenvalue weighted by Gasteiger charge is -2.42. The predicted molar refractivity (Wildman–Crippen MR) is 53.4 cm³/mol. The lowest BCUT2D eigenvalue weighted by Crippen LogP contribution is -2.35. The topological polar surface area (TPSA) is 17.1 Å². The normalized spacial score (nSPS) is 39.7. The number of fused-ring (bicyclic) bond motifs is 1. The molecule has 1 heteroatoms. The number of Topliss-reactive ketones (excluding diaryl/α,β-unsaturated/α-hetero) is 1. The van der Waals surface area contributed by atoms with Gasteiger partial charge in [-0.2, -0.15) is 0 Å². The number of carbonyl (C=O) groups excluding carboxylic acids is 1. The first-order valence-corrected chi connectivity index (χ1v) is 5.33. The van der Waals surface area contributed by atoms with Crippen LogP contribution in [0.1, 0.15) is 46.0 Å². The molecule has 0 saturated heterocycles. The molecule has 72 valence electrons. The molecule has 2 aliphatic carbocycles. The van der Waals surface area contributed by atoms with Gasteiger partial charge in [0.25, 0.3) is 0 Å². The van der Waals surface area contributed by atoms with Gasteiger partial charge in [0, 0.05) is 6.42 Å². The summed E-state index contributed by atoms with van der Waals surface area (Å²) in [7, 11) is 0. The monoisotopic (exact) mass is 178 g/mol. The van der Waals surface area contributed by atoms with E-state index in [2.05, 4.69) is 13.0 Å². The molecule has 0 spiro atoms. The Balaban J connectivity index is 2.29. The van der Waals surface area contributed by atoms with E-state index in [0.29, 0.717) is 17.1 Å². The first kappa shape index (κ1) is 8.98. The maximum atomic E-state index is 11.6. The van der Waals surface area contributed by atoms with E-state index in [9.17, 15) is 4.79 Å². The van der Waals surface area contributed by atoms with Crippen molar-refractivity contribution in [2.75, 3.05) is 0 Å². The molecular weight excluding hydrogens is 160 g/mol. The lowest BCUT2D eigenvalue weighted by atomic mass is 9.62. The maximum absolute atomic E-state index is 11.6. The van der Waals surface area contributed by atoms with E-state index in [1.165, 1.54) is 25.7 Å². The molecule has 13 heavy (non-hydrogen) atoms. The zero-order valence-corrected chi connectivity index (χ0v) is 8.60. The highest BCUT2D eigenvalue weighted by Gasteiger charge is 2.40. The Morgan fingerprint density at radius 2 is 2.23 bits per heavy atom. The minimum absolute atomic E-state index is 0.300. The van der Waals surface area contributed by atoms with Crippen LogP contribution in [0.4, 0.5) is 0 Å². The first-order chi connectivity index (χ1) is 6.12. The summed E-state index contributed by atoms with van der Waals surface area (Å²) >= 11 is 0. The quantitative estimate of drug-likeness (QED) is 0.557. The van der Waals surface area contributed by atoms with Crippen molar-refractivity contribution >= 4 is 5.78 Å². The van der Waals surface area contributed by atoms with Crippen LogP contribution < -0.4 is 0 Å². The molecule has 0 aliphatic heterocycles. The summed E-state index contributed by atoms with van der Waals surface area (Å²) in [6, 6.07) is 0. The molecule has 0 amide bonds. The van der Waals surface area contributed by atoms with Crippen molar-refractivity contribution in [3.63, 3.8) is 0 Å². The highest BCUT2D eigenvalue weighted by atomic mass is 16.1. The van der Waals surface area contributed by atoms with Gasteiger partial charge in [0.2, 0.25) is 0 Å². The van der Waals surface area contributed by atoms with Crippen LogP contribution in [0.15, 0.2) is 11.6 Å². The van der Waals surface area contributed by atoms with E-state index >= 15 is 0 Å². The van der Waals surface area contributed by atoms with Crippen molar-refractivity contribution in [2.24, 2.45) is 11.3 Å². The second kappa shape index (κ2) is 2.97. The standard InChI is InChI=1S/C12H18O/c1-9-7-10-5-3-4-6-12(10,2)8-11(9)13/h7,10H,3-6,8H2,1-2H3/t10-,12-/m1/s1. The van der Waals surface area contributed by atoms with Gasteiger partial charge in [-0.15, -0.1) is 0 Å². The van der Waals surface area contributed by atoms with Crippen LogP contribution in [0.5, 0.6) is 0 Å². The van der Waals surface area contributed by atoms with Crippen molar-refractivity contribution < 1.29 is 4.79 Å². The maximum Gasteiger partial charge on any atom is 0.158 e. The highest BCUT2D eigenvalue weighted by Crippen LogP contribution is 2.47. The van der Waals surface area contributed by atoms with Crippen LogP contribution in [-0.4, -0.2) is 5.78 Å². The Bertz CT molecular complexity index is 264. The third-order valence-electron chi connectivity index (χ3n) is 3.86.